The van der Waals surface area contributed by atoms with E-state index in [1.54, 1.807) is 24.3 Å². The molecule has 0 amide bonds. The molecule has 0 aromatic heterocycles. The van der Waals surface area contributed by atoms with Crippen molar-refractivity contribution in [1.29, 1.82) is 0 Å². The van der Waals surface area contributed by atoms with Gasteiger partial charge in [-0.05, 0) is 32.4 Å². The summed E-state index contributed by atoms with van der Waals surface area (Å²) in [7, 11) is -3.44. The molecule has 21 heavy (non-hydrogen) atoms. The molecule has 0 aliphatic carbocycles. The molecular weight excluding hydrogens is 288 g/mol. The standard InChI is InChI=1S/C16H24O4S/c1-4-9-16(3)10-14(17)15(20-16)11-21(18,19)13-7-5-12(2)6-8-13/h5-8,14-15,17H,4,9-11H2,1-3H3/t14-,15-,16-/m1/s1. The molecule has 0 saturated carbocycles. The van der Waals surface area contributed by atoms with Gasteiger partial charge in [0.05, 0.1) is 28.5 Å². The van der Waals surface area contributed by atoms with Crippen molar-refractivity contribution >= 4 is 9.84 Å². The second kappa shape index (κ2) is 6.07. The predicted octanol–water partition coefficient (Wildman–Crippen LogP) is 2.48. The topological polar surface area (TPSA) is 63.6 Å². The Morgan fingerprint density at radius 3 is 2.52 bits per heavy atom. The molecular formula is C16H24O4S. The third kappa shape index (κ3) is 3.84. The monoisotopic (exact) mass is 312 g/mol. The van der Waals surface area contributed by atoms with Gasteiger partial charge in [-0.15, -0.1) is 0 Å². The fraction of sp³-hybridized carbons (Fsp3) is 0.625. The van der Waals surface area contributed by atoms with E-state index in [9.17, 15) is 13.5 Å². The van der Waals surface area contributed by atoms with E-state index in [1.165, 1.54) is 0 Å². The Balaban J connectivity index is 2.12. The number of rotatable bonds is 5. The molecule has 1 aliphatic rings. The van der Waals surface area contributed by atoms with Crippen LogP contribution in [0.3, 0.4) is 0 Å². The van der Waals surface area contributed by atoms with Gasteiger partial charge in [0.25, 0.3) is 0 Å². The molecule has 118 valence electrons. The molecule has 1 fully saturated rings. The van der Waals surface area contributed by atoms with Crippen molar-refractivity contribution in [3.8, 4) is 0 Å². The molecule has 4 nitrogen and oxygen atoms in total. The van der Waals surface area contributed by atoms with E-state index >= 15 is 0 Å². The zero-order chi connectivity index (χ0) is 15.7. The minimum absolute atomic E-state index is 0.170. The number of benzene rings is 1. The molecule has 1 aromatic rings. The predicted molar refractivity (Wildman–Crippen MR) is 82.0 cm³/mol. The Bertz CT molecular complexity index is 579. The Hall–Kier alpha value is -0.910. The van der Waals surface area contributed by atoms with Crippen molar-refractivity contribution in [3.63, 3.8) is 0 Å². The number of ether oxygens (including phenoxy) is 1. The molecule has 3 atom stereocenters. The summed E-state index contributed by atoms with van der Waals surface area (Å²) in [6.07, 6.45) is 0.899. The van der Waals surface area contributed by atoms with Gasteiger partial charge in [-0.1, -0.05) is 31.0 Å². The summed E-state index contributed by atoms with van der Waals surface area (Å²) in [6, 6.07) is 6.77. The highest BCUT2D eigenvalue weighted by atomic mass is 32.2. The van der Waals surface area contributed by atoms with Gasteiger partial charge in [0.1, 0.15) is 0 Å². The minimum atomic E-state index is -3.44. The Morgan fingerprint density at radius 1 is 1.33 bits per heavy atom. The first-order valence-corrected chi connectivity index (χ1v) is 9.06. The van der Waals surface area contributed by atoms with Crippen LogP contribution < -0.4 is 0 Å². The molecule has 1 N–H and O–H groups in total. The normalized spacial score (nSPS) is 29.7. The van der Waals surface area contributed by atoms with Gasteiger partial charge in [0, 0.05) is 6.42 Å². The smallest absolute Gasteiger partial charge is 0.181 e. The molecule has 1 aliphatic heterocycles. The van der Waals surface area contributed by atoms with Crippen LogP contribution >= 0.6 is 0 Å². The molecule has 0 radical (unpaired) electrons. The van der Waals surface area contributed by atoms with Crippen LogP contribution in [0.25, 0.3) is 0 Å². The SMILES string of the molecule is CCC[C@]1(C)C[C@@H](O)[C@@H](CS(=O)(=O)c2ccc(C)cc2)O1. The lowest BCUT2D eigenvalue weighted by Crippen LogP contribution is -2.31. The third-order valence-electron chi connectivity index (χ3n) is 4.05. The van der Waals surface area contributed by atoms with Gasteiger partial charge in [0.2, 0.25) is 0 Å². The lowest BCUT2D eigenvalue weighted by molar-refractivity contribution is -0.0359. The number of sulfone groups is 1. The highest BCUT2D eigenvalue weighted by molar-refractivity contribution is 7.91. The Morgan fingerprint density at radius 2 is 1.95 bits per heavy atom. The van der Waals surface area contributed by atoms with Crippen LogP contribution in [0.2, 0.25) is 0 Å². The van der Waals surface area contributed by atoms with Crippen molar-refractivity contribution in [3.05, 3.63) is 29.8 Å². The second-order valence-corrected chi connectivity index (χ2v) is 8.26. The first-order chi connectivity index (χ1) is 9.76. The number of hydrogen-bond donors (Lipinski definition) is 1. The summed E-state index contributed by atoms with van der Waals surface area (Å²) >= 11 is 0. The van der Waals surface area contributed by atoms with Crippen molar-refractivity contribution in [2.24, 2.45) is 0 Å². The molecule has 0 bridgehead atoms. The Labute approximate surface area is 127 Å². The van der Waals surface area contributed by atoms with E-state index in [-0.39, 0.29) is 10.6 Å². The number of aliphatic hydroxyl groups is 1. The van der Waals surface area contributed by atoms with E-state index in [4.69, 9.17) is 4.74 Å². The van der Waals surface area contributed by atoms with Crippen LogP contribution in [-0.2, 0) is 14.6 Å². The lowest BCUT2D eigenvalue weighted by Gasteiger charge is -2.23. The van der Waals surface area contributed by atoms with E-state index < -0.39 is 27.6 Å². The highest BCUT2D eigenvalue weighted by Gasteiger charge is 2.43. The van der Waals surface area contributed by atoms with Gasteiger partial charge < -0.3 is 9.84 Å². The average molecular weight is 312 g/mol. The van der Waals surface area contributed by atoms with Crippen LogP contribution in [-0.4, -0.2) is 37.1 Å². The third-order valence-corrected chi connectivity index (χ3v) is 5.81. The quantitative estimate of drug-likeness (QED) is 0.907. The summed E-state index contributed by atoms with van der Waals surface area (Å²) < 4.78 is 30.7. The summed E-state index contributed by atoms with van der Waals surface area (Å²) in [5.41, 5.74) is 0.600. The van der Waals surface area contributed by atoms with Crippen molar-refractivity contribution in [1.82, 2.24) is 0 Å². The molecule has 1 aromatic carbocycles. The summed E-state index contributed by atoms with van der Waals surface area (Å²) in [4.78, 5) is 0.285. The zero-order valence-electron chi connectivity index (χ0n) is 12.9. The Kier molecular flexibility index (Phi) is 4.76. The zero-order valence-corrected chi connectivity index (χ0v) is 13.7. The van der Waals surface area contributed by atoms with Crippen LogP contribution in [0, 0.1) is 6.92 Å². The largest absolute Gasteiger partial charge is 0.390 e. The maximum atomic E-state index is 12.4. The summed E-state index contributed by atoms with van der Waals surface area (Å²) in [6.45, 7) is 5.91. The number of hydrogen-bond acceptors (Lipinski definition) is 4. The maximum Gasteiger partial charge on any atom is 0.181 e. The minimum Gasteiger partial charge on any atom is -0.390 e. The van der Waals surface area contributed by atoms with Gasteiger partial charge >= 0.3 is 0 Å². The van der Waals surface area contributed by atoms with E-state index in [1.807, 2.05) is 13.8 Å². The van der Waals surface area contributed by atoms with Gasteiger partial charge in [-0.25, -0.2) is 8.42 Å². The lowest BCUT2D eigenvalue weighted by atomic mass is 9.95. The summed E-state index contributed by atoms with van der Waals surface area (Å²) in [5, 5.41) is 10.1. The van der Waals surface area contributed by atoms with Gasteiger partial charge in [-0.2, -0.15) is 0 Å². The fourth-order valence-corrected chi connectivity index (χ4v) is 4.42. The molecule has 5 heteroatoms. The van der Waals surface area contributed by atoms with Crippen molar-refractivity contribution in [2.45, 2.75) is 62.7 Å². The van der Waals surface area contributed by atoms with Crippen molar-refractivity contribution in [2.75, 3.05) is 5.75 Å². The van der Waals surface area contributed by atoms with E-state index in [2.05, 4.69) is 6.92 Å². The first-order valence-electron chi connectivity index (χ1n) is 7.41. The summed E-state index contributed by atoms with van der Waals surface area (Å²) in [5.74, 6) is -0.170. The molecule has 2 rings (SSSR count). The van der Waals surface area contributed by atoms with Gasteiger partial charge in [-0.3, -0.25) is 0 Å². The van der Waals surface area contributed by atoms with Crippen LogP contribution in [0.15, 0.2) is 29.2 Å². The second-order valence-electron chi connectivity index (χ2n) is 6.22. The van der Waals surface area contributed by atoms with Crippen LogP contribution in [0.4, 0.5) is 0 Å². The number of aliphatic hydroxyl groups excluding tert-OH is 1. The van der Waals surface area contributed by atoms with Crippen molar-refractivity contribution < 1.29 is 18.3 Å². The fourth-order valence-electron chi connectivity index (χ4n) is 2.96. The van der Waals surface area contributed by atoms with Gasteiger partial charge in [0.15, 0.2) is 9.84 Å². The molecule has 0 unspecified atom stereocenters. The molecule has 1 saturated heterocycles. The van der Waals surface area contributed by atoms with Crippen LogP contribution in [0.1, 0.15) is 38.7 Å². The number of aryl methyl sites for hydroxylation is 1. The maximum absolute atomic E-state index is 12.4. The molecule has 0 spiro atoms. The average Bonchev–Trinajstić information content (AvgIpc) is 2.64. The van der Waals surface area contributed by atoms with Crippen LogP contribution in [0.5, 0.6) is 0 Å². The first kappa shape index (κ1) is 16.5. The highest BCUT2D eigenvalue weighted by Crippen LogP contribution is 2.35. The van der Waals surface area contributed by atoms with E-state index in [0.29, 0.717) is 6.42 Å². The molecule has 1 heterocycles. The van der Waals surface area contributed by atoms with E-state index in [0.717, 1.165) is 18.4 Å².